The summed E-state index contributed by atoms with van der Waals surface area (Å²) in [7, 11) is 0. The van der Waals surface area contributed by atoms with Crippen LogP contribution in [0.5, 0.6) is 11.6 Å². The van der Waals surface area contributed by atoms with Gasteiger partial charge >= 0.3 is 5.69 Å². The third kappa shape index (κ3) is 3.04. The van der Waals surface area contributed by atoms with Gasteiger partial charge < -0.3 is 10.5 Å². The number of anilines is 1. The van der Waals surface area contributed by atoms with Crippen molar-refractivity contribution in [3.8, 4) is 11.6 Å². The van der Waals surface area contributed by atoms with Crippen molar-refractivity contribution in [2.24, 2.45) is 0 Å². The van der Waals surface area contributed by atoms with E-state index in [4.69, 9.17) is 45.3 Å². The Labute approximate surface area is 128 Å². The van der Waals surface area contributed by atoms with Gasteiger partial charge in [-0.2, -0.15) is 4.98 Å². The van der Waals surface area contributed by atoms with Crippen LogP contribution in [0.15, 0.2) is 24.3 Å². The molecule has 0 atom stereocenters. The predicted molar refractivity (Wildman–Crippen MR) is 76.8 cm³/mol. The summed E-state index contributed by atoms with van der Waals surface area (Å²) in [5, 5.41) is 11.4. The van der Waals surface area contributed by atoms with Gasteiger partial charge in [0.2, 0.25) is 11.7 Å². The van der Waals surface area contributed by atoms with E-state index in [2.05, 4.69) is 4.98 Å². The molecule has 0 aliphatic heterocycles. The summed E-state index contributed by atoms with van der Waals surface area (Å²) in [5.74, 6) is -0.00103. The van der Waals surface area contributed by atoms with Crippen LogP contribution >= 0.6 is 34.8 Å². The maximum atomic E-state index is 10.6. The molecule has 0 fully saturated rings. The molecule has 0 saturated heterocycles. The van der Waals surface area contributed by atoms with E-state index >= 15 is 0 Å². The van der Waals surface area contributed by atoms with E-state index in [0.717, 1.165) is 0 Å². The van der Waals surface area contributed by atoms with Crippen LogP contribution < -0.4 is 10.5 Å². The van der Waals surface area contributed by atoms with Crippen LogP contribution in [-0.2, 0) is 0 Å². The fourth-order valence-electron chi connectivity index (χ4n) is 1.36. The van der Waals surface area contributed by atoms with Gasteiger partial charge in [0.25, 0.3) is 0 Å². The van der Waals surface area contributed by atoms with Crippen molar-refractivity contribution < 1.29 is 9.66 Å². The fraction of sp³-hybridized carbons (Fsp3) is 0. The monoisotopic (exact) mass is 333 g/mol. The van der Waals surface area contributed by atoms with E-state index in [1.165, 1.54) is 24.3 Å². The smallest absolute Gasteiger partial charge is 0.311 e. The summed E-state index contributed by atoms with van der Waals surface area (Å²) < 4.78 is 5.37. The molecular weight excluding hydrogens is 328 g/mol. The van der Waals surface area contributed by atoms with Gasteiger partial charge in [-0.3, -0.25) is 10.1 Å². The number of pyridine rings is 1. The Morgan fingerprint density at radius 1 is 1.15 bits per heavy atom. The maximum Gasteiger partial charge on any atom is 0.311 e. The van der Waals surface area contributed by atoms with Gasteiger partial charge in [-0.25, -0.2) is 0 Å². The third-order valence-corrected chi connectivity index (χ3v) is 3.28. The number of halogens is 3. The lowest BCUT2D eigenvalue weighted by atomic mass is 10.3. The zero-order valence-electron chi connectivity index (χ0n) is 9.64. The first-order chi connectivity index (χ1) is 9.38. The Kier molecular flexibility index (Phi) is 4.17. The molecule has 2 aromatic rings. The number of nitrogens with zero attached hydrogens (tertiary/aromatic N) is 2. The number of ether oxygens (including phenoxy) is 1. The van der Waals surface area contributed by atoms with Gasteiger partial charge in [0, 0.05) is 18.2 Å². The summed E-state index contributed by atoms with van der Waals surface area (Å²) in [6.45, 7) is 0. The first-order valence-corrected chi connectivity index (χ1v) is 6.25. The number of nitrogens with two attached hydrogens (primary N) is 1. The molecule has 0 radical (unpaired) electrons. The molecule has 0 amide bonds. The van der Waals surface area contributed by atoms with Gasteiger partial charge in [0.1, 0.15) is 5.75 Å². The fourth-order valence-corrected chi connectivity index (χ4v) is 1.93. The first kappa shape index (κ1) is 14.6. The molecule has 0 bridgehead atoms. The molecule has 1 heterocycles. The Bertz CT molecular complexity index is 694. The van der Waals surface area contributed by atoms with Crippen molar-refractivity contribution in [2.45, 2.75) is 0 Å². The van der Waals surface area contributed by atoms with Crippen molar-refractivity contribution in [3.63, 3.8) is 0 Å². The minimum atomic E-state index is -0.641. The number of rotatable bonds is 3. The highest BCUT2D eigenvalue weighted by Crippen LogP contribution is 2.36. The van der Waals surface area contributed by atoms with Crippen LogP contribution in [0.1, 0.15) is 0 Å². The van der Waals surface area contributed by atoms with Crippen molar-refractivity contribution in [2.75, 3.05) is 5.73 Å². The Balaban J connectivity index is 2.33. The number of aromatic nitrogens is 1. The molecule has 104 valence electrons. The zero-order valence-corrected chi connectivity index (χ0v) is 11.9. The SMILES string of the molecule is Nc1nc(Oc2cc(Cl)c(Cl)cc2Cl)ccc1[N+](=O)[O-]. The van der Waals surface area contributed by atoms with Gasteiger partial charge in [-0.05, 0) is 6.07 Å². The van der Waals surface area contributed by atoms with E-state index in [1.54, 1.807) is 0 Å². The average Bonchev–Trinajstić information content (AvgIpc) is 2.35. The molecule has 0 aliphatic carbocycles. The minimum absolute atomic E-state index is 0.0494. The van der Waals surface area contributed by atoms with Gasteiger partial charge in [0.15, 0.2) is 0 Å². The van der Waals surface area contributed by atoms with Crippen LogP contribution in [0.25, 0.3) is 0 Å². The lowest BCUT2D eigenvalue weighted by Crippen LogP contribution is -1.99. The molecule has 1 aromatic carbocycles. The highest BCUT2D eigenvalue weighted by Gasteiger charge is 2.15. The van der Waals surface area contributed by atoms with Crippen LogP contribution in [0.3, 0.4) is 0 Å². The minimum Gasteiger partial charge on any atom is -0.437 e. The molecule has 0 spiro atoms. The van der Waals surface area contributed by atoms with Crippen LogP contribution in [-0.4, -0.2) is 9.91 Å². The lowest BCUT2D eigenvalue weighted by molar-refractivity contribution is -0.384. The van der Waals surface area contributed by atoms with E-state index < -0.39 is 4.92 Å². The quantitative estimate of drug-likeness (QED) is 0.512. The summed E-state index contributed by atoms with van der Waals surface area (Å²) in [5.41, 5.74) is 5.15. The van der Waals surface area contributed by atoms with Crippen molar-refractivity contribution in [3.05, 3.63) is 49.4 Å². The zero-order chi connectivity index (χ0) is 14.9. The highest BCUT2D eigenvalue weighted by atomic mass is 35.5. The molecule has 1 aromatic heterocycles. The predicted octanol–water partition coefficient (Wildman–Crippen LogP) is 4.32. The average molecular weight is 335 g/mol. The number of nitro groups is 1. The molecule has 6 nitrogen and oxygen atoms in total. The topological polar surface area (TPSA) is 91.3 Å². The summed E-state index contributed by atoms with van der Waals surface area (Å²) >= 11 is 17.6. The van der Waals surface area contributed by atoms with Crippen LogP contribution in [0, 0.1) is 10.1 Å². The van der Waals surface area contributed by atoms with Gasteiger partial charge in [0.05, 0.1) is 20.0 Å². The second-order valence-corrected chi connectivity index (χ2v) is 4.83. The van der Waals surface area contributed by atoms with E-state index in [1.807, 2.05) is 0 Å². The molecule has 0 aliphatic rings. The second kappa shape index (κ2) is 5.70. The molecule has 0 saturated carbocycles. The van der Waals surface area contributed by atoms with E-state index in [-0.39, 0.29) is 38.2 Å². The van der Waals surface area contributed by atoms with E-state index in [9.17, 15) is 10.1 Å². The number of hydrogen-bond donors (Lipinski definition) is 1. The summed E-state index contributed by atoms with van der Waals surface area (Å²) in [6.07, 6.45) is 0. The molecule has 9 heteroatoms. The lowest BCUT2D eigenvalue weighted by Gasteiger charge is -2.08. The number of hydrogen-bond acceptors (Lipinski definition) is 5. The molecule has 2 N–H and O–H groups in total. The first-order valence-electron chi connectivity index (χ1n) is 5.12. The normalized spacial score (nSPS) is 10.3. The summed E-state index contributed by atoms with van der Waals surface area (Å²) in [4.78, 5) is 13.7. The van der Waals surface area contributed by atoms with Gasteiger partial charge in [-0.1, -0.05) is 34.8 Å². The Hall–Kier alpha value is -1.76. The molecule has 20 heavy (non-hydrogen) atoms. The van der Waals surface area contributed by atoms with Crippen molar-refractivity contribution in [1.82, 2.24) is 4.98 Å². The molecule has 2 rings (SSSR count). The van der Waals surface area contributed by atoms with Crippen LogP contribution in [0.4, 0.5) is 11.5 Å². The number of nitrogen functional groups attached to an aromatic ring is 1. The van der Waals surface area contributed by atoms with Gasteiger partial charge in [-0.15, -0.1) is 0 Å². The third-order valence-electron chi connectivity index (χ3n) is 2.26. The standard InChI is InChI=1S/C11H6Cl3N3O3/c12-5-3-7(14)9(4-6(5)13)20-10-2-1-8(17(18)19)11(15)16-10/h1-4H,(H2,15,16). The van der Waals surface area contributed by atoms with Crippen LogP contribution in [0.2, 0.25) is 15.1 Å². The second-order valence-electron chi connectivity index (χ2n) is 3.61. The molecular formula is C11H6Cl3N3O3. The number of benzene rings is 1. The highest BCUT2D eigenvalue weighted by molar-refractivity contribution is 6.43. The largest absolute Gasteiger partial charge is 0.437 e. The maximum absolute atomic E-state index is 10.6. The van der Waals surface area contributed by atoms with Crippen molar-refractivity contribution >= 4 is 46.3 Å². The Morgan fingerprint density at radius 2 is 1.80 bits per heavy atom. The molecule has 0 unspecified atom stereocenters. The summed E-state index contributed by atoms with van der Waals surface area (Å²) in [6, 6.07) is 5.30. The van der Waals surface area contributed by atoms with E-state index in [0.29, 0.717) is 0 Å². The Morgan fingerprint density at radius 3 is 2.40 bits per heavy atom. The van der Waals surface area contributed by atoms with Crippen molar-refractivity contribution in [1.29, 1.82) is 0 Å².